The molecule has 0 aliphatic heterocycles. The van der Waals surface area contributed by atoms with Crippen molar-refractivity contribution >= 4 is 23.4 Å². The summed E-state index contributed by atoms with van der Waals surface area (Å²) < 4.78 is 7.04. The molecule has 1 aromatic carbocycles. The highest BCUT2D eigenvalue weighted by Gasteiger charge is 2.18. The molecule has 1 atom stereocenters. The van der Waals surface area contributed by atoms with Gasteiger partial charge in [0, 0.05) is 11.7 Å². The molecule has 118 valence electrons. The van der Waals surface area contributed by atoms with Gasteiger partial charge in [-0.05, 0) is 45.0 Å². The summed E-state index contributed by atoms with van der Waals surface area (Å²) in [6.07, 6.45) is 1.68. The maximum atomic E-state index is 12.3. The van der Waals surface area contributed by atoms with Crippen LogP contribution in [-0.4, -0.2) is 33.0 Å². The summed E-state index contributed by atoms with van der Waals surface area (Å²) in [6, 6.07) is 7.50. The summed E-state index contributed by atoms with van der Waals surface area (Å²) in [4.78, 5) is 12.3. The van der Waals surface area contributed by atoms with E-state index in [4.69, 9.17) is 4.74 Å². The molecule has 1 amide bonds. The number of amides is 1. The molecule has 0 spiro atoms. The fourth-order valence-corrected chi connectivity index (χ4v) is 2.76. The molecule has 0 radical (unpaired) electrons. The van der Waals surface area contributed by atoms with E-state index >= 15 is 0 Å². The number of aromatic nitrogens is 3. The quantitative estimate of drug-likeness (QED) is 0.829. The van der Waals surface area contributed by atoms with E-state index in [1.54, 1.807) is 13.4 Å². The fraction of sp³-hybridized carbons (Fsp3) is 0.400. The summed E-state index contributed by atoms with van der Waals surface area (Å²) >= 11 is 1.39. The third-order valence-electron chi connectivity index (χ3n) is 3.11. The first-order valence-corrected chi connectivity index (χ1v) is 7.90. The van der Waals surface area contributed by atoms with Gasteiger partial charge in [-0.25, -0.2) is 0 Å². The second-order valence-corrected chi connectivity index (χ2v) is 6.40. The lowest BCUT2D eigenvalue weighted by Gasteiger charge is -2.14. The van der Waals surface area contributed by atoms with E-state index in [0.29, 0.717) is 0 Å². The zero-order valence-corrected chi connectivity index (χ0v) is 13.9. The number of nitrogens with zero attached hydrogens (tertiary/aromatic N) is 3. The molecule has 0 unspecified atom stereocenters. The SMILES string of the molecule is COc1ccc(NC(=O)[C@H](C)Sc2nncn2C(C)C)cc1. The Morgan fingerprint density at radius 1 is 1.27 bits per heavy atom. The number of ether oxygens (including phenoxy) is 1. The van der Waals surface area contributed by atoms with E-state index in [1.807, 2.05) is 35.8 Å². The molecule has 0 aliphatic carbocycles. The maximum Gasteiger partial charge on any atom is 0.237 e. The van der Waals surface area contributed by atoms with Gasteiger partial charge in [-0.15, -0.1) is 10.2 Å². The number of anilines is 1. The Bertz CT molecular complexity index is 625. The molecule has 0 saturated heterocycles. The molecule has 1 aromatic heterocycles. The van der Waals surface area contributed by atoms with Crippen molar-refractivity contribution in [2.45, 2.75) is 37.2 Å². The van der Waals surface area contributed by atoms with Gasteiger partial charge in [0.1, 0.15) is 12.1 Å². The molecule has 0 fully saturated rings. The third-order valence-corrected chi connectivity index (χ3v) is 4.18. The van der Waals surface area contributed by atoms with Crippen molar-refractivity contribution in [2.24, 2.45) is 0 Å². The summed E-state index contributed by atoms with van der Waals surface area (Å²) in [5, 5.41) is 11.3. The molecule has 6 nitrogen and oxygen atoms in total. The van der Waals surface area contributed by atoms with Crippen molar-refractivity contribution in [2.75, 3.05) is 12.4 Å². The van der Waals surface area contributed by atoms with E-state index in [9.17, 15) is 4.79 Å². The Morgan fingerprint density at radius 3 is 2.55 bits per heavy atom. The highest BCUT2D eigenvalue weighted by Crippen LogP contribution is 2.24. The van der Waals surface area contributed by atoms with Crippen LogP contribution in [0.2, 0.25) is 0 Å². The van der Waals surface area contributed by atoms with Crippen molar-refractivity contribution in [3.05, 3.63) is 30.6 Å². The second kappa shape index (κ2) is 7.31. The summed E-state index contributed by atoms with van der Waals surface area (Å²) in [7, 11) is 1.61. The molecule has 1 heterocycles. The minimum Gasteiger partial charge on any atom is -0.497 e. The predicted octanol–water partition coefficient (Wildman–Crippen LogP) is 2.99. The molecule has 0 aliphatic rings. The first-order chi connectivity index (χ1) is 10.5. The van der Waals surface area contributed by atoms with Gasteiger partial charge in [0.2, 0.25) is 5.91 Å². The molecule has 1 N–H and O–H groups in total. The van der Waals surface area contributed by atoms with Gasteiger partial charge < -0.3 is 14.6 Å². The topological polar surface area (TPSA) is 69.0 Å². The number of hydrogen-bond acceptors (Lipinski definition) is 5. The minimum atomic E-state index is -0.274. The van der Waals surface area contributed by atoms with E-state index in [1.165, 1.54) is 11.8 Å². The molecule has 7 heteroatoms. The van der Waals surface area contributed by atoms with Gasteiger partial charge >= 0.3 is 0 Å². The maximum absolute atomic E-state index is 12.3. The van der Waals surface area contributed by atoms with Crippen LogP contribution in [0, 0.1) is 0 Å². The van der Waals surface area contributed by atoms with Gasteiger partial charge in [-0.2, -0.15) is 0 Å². The normalized spacial score (nSPS) is 12.2. The standard InChI is InChI=1S/C15H20N4O2S/c1-10(2)19-9-16-18-15(19)22-11(3)14(20)17-12-5-7-13(21-4)8-6-12/h5-11H,1-4H3,(H,17,20)/t11-/m0/s1. The second-order valence-electron chi connectivity index (χ2n) is 5.09. The van der Waals surface area contributed by atoms with Crippen LogP contribution in [-0.2, 0) is 4.79 Å². The van der Waals surface area contributed by atoms with Crippen LogP contribution < -0.4 is 10.1 Å². The zero-order valence-electron chi connectivity index (χ0n) is 13.1. The molecule has 0 bridgehead atoms. The third kappa shape index (κ3) is 4.00. The number of thioether (sulfide) groups is 1. The average Bonchev–Trinajstić information content (AvgIpc) is 2.96. The molecule has 2 rings (SSSR count). The van der Waals surface area contributed by atoms with Crippen molar-refractivity contribution in [1.29, 1.82) is 0 Å². The Labute approximate surface area is 134 Å². The summed E-state index contributed by atoms with van der Waals surface area (Å²) in [6.45, 7) is 5.95. The number of carbonyl (C=O) groups excluding carboxylic acids is 1. The number of methoxy groups -OCH3 is 1. The average molecular weight is 320 g/mol. The summed E-state index contributed by atoms with van der Waals surface area (Å²) in [5.41, 5.74) is 0.739. The fourth-order valence-electron chi connectivity index (χ4n) is 1.80. The van der Waals surface area contributed by atoms with Crippen molar-refractivity contribution in [3.63, 3.8) is 0 Å². The van der Waals surface area contributed by atoms with Crippen LogP contribution in [0.5, 0.6) is 5.75 Å². The first-order valence-electron chi connectivity index (χ1n) is 7.02. The van der Waals surface area contributed by atoms with Crippen LogP contribution in [0.25, 0.3) is 0 Å². The van der Waals surface area contributed by atoms with E-state index in [0.717, 1.165) is 16.6 Å². The van der Waals surface area contributed by atoms with Crippen molar-refractivity contribution in [3.8, 4) is 5.75 Å². The molecular weight excluding hydrogens is 300 g/mol. The highest BCUT2D eigenvalue weighted by atomic mass is 32.2. The molecule has 0 saturated carbocycles. The lowest BCUT2D eigenvalue weighted by atomic mass is 10.3. The van der Waals surface area contributed by atoms with Crippen LogP contribution in [0.1, 0.15) is 26.8 Å². The van der Waals surface area contributed by atoms with Gasteiger partial charge in [0.05, 0.1) is 12.4 Å². The number of nitrogens with one attached hydrogen (secondary N) is 1. The zero-order chi connectivity index (χ0) is 16.1. The largest absolute Gasteiger partial charge is 0.497 e. The molecule has 2 aromatic rings. The summed E-state index contributed by atoms with van der Waals surface area (Å²) in [5.74, 6) is 0.680. The lowest BCUT2D eigenvalue weighted by molar-refractivity contribution is -0.115. The van der Waals surface area contributed by atoms with Crippen LogP contribution in [0.15, 0.2) is 35.7 Å². The smallest absolute Gasteiger partial charge is 0.237 e. The first kappa shape index (κ1) is 16.4. The minimum absolute atomic E-state index is 0.0755. The highest BCUT2D eigenvalue weighted by molar-refractivity contribution is 8.00. The number of hydrogen-bond donors (Lipinski definition) is 1. The van der Waals surface area contributed by atoms with E-state index in [2.05, 4.69) is 29.4 Å². The van der Waals surface area contributed by atoms with E-state index in [-0.39, 0.29) is 17.2 Å². The van der Waals surface area contributed by atoms with Crippen molar-refractivity contribution in [1.82, 2.24) is 14.8 Å². The van der Waals surface area contributed by atoms with Crippen LogP contribution in [0.4, 0.5) is 5.69 Å². The Morgan fingerprint density at radius 2 is 1.95 bits per heavy atom. The van der Waals surface area contributed by atoms with Crippen LogP contribution >= 0.6 is 11.8 Å². The predicted molar refractivity (Wildman–Crippen MR) is 87.3 cm³/mol. The van der Waals surface area contributed by atoms with E-state index < -0.39 is 0 Å². The lowest BCUT2D eigenvalue weighted by Crippen LogP contribution is -2.23. The van der Waals surface area contributed by atoms with Gasteiger partial charge in [-0.3, -0.25) is 4.79 Å². The van der Waals surface area contributed by atoms with Gasteiger partial charge in [0.25, 0.3) is 0 Å². The monoisotopic (exact) mass is 320 g/mol. The number of carbonyl (C=O) groups is 1. The number of benzene rings is 1. The Balaban J connectivity index is 1.98. The Hall–Kier alpha value is -2.02. The van der Waals surface area contributed by atoms with Crippen molar-refractivity contribution < 1.29 is 9.53 Å². The van der Waals surface area contributed by atoms with Gasteiger partial charge in [0.15, 0.2) is 5.16 Å². The number of rotatable bonds is 6. The van der Waals surface area contributed by atoms with Crippen LogP contribution in [0.3, 0.4) is 0 Å². The Kier molecular flexibility index (Phi) is 5.43. The molecular formula is C15H20N4O2S. The molecule has 22 heavy (non-hydrogen) atoms. The van der Waals surface area contributed by atoms with Gasteiger partial charge in [-0.1, -0.05) is 11.8 Å².